The van der Waals surface area contributed by atoms with Crippen LogP contribution in [0, 0.1) is 11.3 Å². The van der Waals surface area contributed by atoms with E-state index in [1.807, 2.05) is 0 Å². The van der Waals surface area contributed by atoms with Crippen molar-refractivity contribution in [3.63, 3.8) is 0 Å². The molecule has 3 aliphatic rings. The largest absolute Gasteiger partial charge is 0.347 e. The summed E-state index contributed by atoms with van der Waals surface area (Å²) in [6, 6.07) is 0. The number of hydrogen-bond acceptors (Lipinski definition) is 3. The standard InChI is InChI=1S/C22H39NO2/c1-18(2)16-23(4)15-10-20-17-24-22(25-20)13-8-19(9-14-22)21(3)11-6-5-7-12-21/h19-20H,1,5-17H2,2-4H3. The Labute approximate surface area is 155 Å². The molecule has 1 aliphatic heterocycles. The topological polar surface area (TPSA) is 21.7 Å². The van der Waals surface area contributed by atoms with Gasteiger partial charge < -0.3 is 14.4 Å². The first-order valence-corrected chi connectivity index (χ1v) is 10.6. The van der Waals surface area contributed by atoms with Crippen LogP contribution in [-0.2, 0) is 9.47 Å². The highest BCUT2D eigenvalue weighted by molar-refractivity contribution is 4.93. The zero-order valence-corrected chi connectivity index (χ0v) is 16.8. The lowest BCUT2D eigenvalue weighted by atomic mass is 9.62. The molecule has 2 aliphatic carbocycles. The molecule has 1 atom stereocenters. The van der Waals surface area contributed by atoms with Gasteiger partial charge in [0.2, 0.25) is 0 Å². The summed E-state index contributed by atoms with van der Waals surface area (Å²) in [7, 11) is 2.16. The van der Waals surface area contributed by atoms with Gasteiger partial charge in [0.25, 0.3) is 0 Å². The molecule has 0 bridgehead atoms. The van der Waals surface area contributed by atoms with E-state index in [1.165, 1.54) is 50.5 Å². The molecule has 0 N–H and O–H groups in total. The predicted molar refractivity (Wildman–Crippen MR) is 104 cm³/mol. The van der Waals surface area contributed by atoms with E-state index in [1.54, 1.807) is 0 Å². The van der Waals surface area contributed by atoms with E-state index >= 15 is 0 Å². The highest BCUT2D eigenvalue weighted by atomic mass is 16.7. The summed E-state index contributed by atoms with van der Waals surface area (Å²) in [6.07, 6.45) is 13.3. The molecular formula is C22H39NO2. The van der Waals surface area contributed by atoms with Gasteiger partial charge in [0, 0.05) is 25.9 Å². The highest BCUT2D eigenvalue weighted by Gasteiger charge is 2.47. The summed E-state index contributed by atoms with van der Waals surface area (Å²) >= 11 is 0. The lowest BCUT2D eigenvalue weighted by Crippen LogP contribution is -2.41. The summed E-state index contributed by atoms with van der Waals surface area (Å²) in [5.74, 6) is 0.630. The molecule has 0 amide bonds. The van der Waals surface area contributed by atoms with E-state index in [-0.39, 0.29) is 11.9 Å². The quantitative estimate of drug-likeness (QED) is 0.619. The van der Waals surface area contributed by atoms with Crippen LogP contribution in [0.5, 0.6) is 0 Å². The molecule has 1 unspecified atom stereocenters. The maximum Gasteiger partial charge on any atom is 0.168 e. The van der Waals surface area contributed by atoms with Gasteiger partial charge >= 0.3 is 0 Å². The van der Waals surface area contributed by atoms with Crippen LogP contribution in [0.15, 0.2) is 12.2 Å². The molecule has 3 fully saturated rings. The Morgan fingerprint density at radius 3 is 2.44 bits per heavy atom. The Kier molecular flexibility index (Phi) is 6.28. The van der Waals surface area contributed by atoms with Gasteiger partial charge in [-0.1, -0.05) is 38.3 Å². The molecule has 2 saturated carbocycles. The molecule has 0 aromatic carbocycles. The second kappa shape index (κ2) is 8.10. The number of likely N-dealkylation sites (N-methyl/N-ethyl adjacent to an activating group) is 1. The van der Waals surface area contributed by atoms with Gasteiger partial charge in [0.15, 0.2) is 5.79 Å². The maximum absolute atomic E-state index is 6.44. The number of rotatable bonds is 6. The second-order valence-electron chi connectivity index (χ2n) is 9.43. The SMILES string of the molecule is C=C(C)CN(C)CCC1COC2(CCC(C3(C)CCCCC3)CC2)O1. The van der Waals surface area contributed by atoms with Crippen LogP contribution in [0.2, 0.25) is 0 Å². The molecule has 1 spiro atoms. The Hall–Kier alpha value is -0.380. The summed E-state index contributed by atoms with van der Waals surface area (Å²) in [5.41, 5.74) is 1.81. The van der Waals surface area contributed by atoms with Crippen LogP contribution in [0.1, 0.15) is 78.1 Å². The van der Waals surface area contributed by atoms with Gasteiger partial charge in [0.05, 0.1) is 12.7 Å². The van der Waals surface area contributed by atoms with Crippen LogP contribution in [0.3, 0.4) is 0 Å². The fourth-order valence-electron chi connectivity index (χ4n) is 5.45. The highest BCUT2D eigenvalue weighted by Crippen LogP contribution is 2.51. The Bertz CT molecular complexity index is 447. The molecule has 25 heavy (non-hydrogen) atoms. The lowest BCUT2D eigenvalue weighted by Gasteiger charge is -2.46. The van der Waals surface area contributed by atoms with E-state index < -0.39 is 0 Å². The van der Waals surface area contributed by atoms with Gasteiger partial charge in [-0.2, -0.15) is 0 Å². The Morgan fingerprint density at radius 1 is 1.12 bits per heavy atom. The molecule has 3 heteroatoms. The third-order valence-electron chi connectivity index (χ3n) is 7.02. The first-order chi connectivity index (χ1) is 11.9. The molecule has 0 aromatic rings. The smallest absolute Gasteiger partial charge is 0.168 e. The summed E-state index contributed by atoms with van der Waals surface area (Å²) in [6.45, 7) is 11.4. The normalized spacial score (nSPS) is 35.4. The van der Waals surface area contributed by atoms with E-state index in [2.05, 4.69) is 32.4 Å². The van der Waals surface area contributed by atoms with Gasteiger partial charge in [-0.15, -0.1) is 0 Å². The van der Waals surface area contributed by atoms with E-state index in [0.717, 1.165) is 44.9 Å². The summed E-state index contributed by atoms with van der Waals surface area (Å²) < 4.78 is 12.7. The van der Waals surface area contributed by atoms with Crippen LogP contribution < -0.4 is 0 Å². The van der Waals surface area contributed by atoms with Crippen molar-refractivity contribution in [2.75, 3.05) is 26.7 Å². The zero-order chi connectivity index (χ0) is 17.9. The molecule has 144 valence electrons. The number of ether oxygens (including phenoxy) is 2. The first-order valence-electron chi connectivity index (χ1n) is 10.6. The third kappa shape index (κ3) is 4.87. The lowest BCUT2D eigenvalue weighted by molar-refractivity contribution is -0.199. The average molecular weight is 350 g/mol. The Balaban J connectivity index is 1.44. The summed E-state index contributed by atoms with van der Waals surface area (Å²) in [5, 5.41) is 0. The van der Waals surface area contributed by atoms with Crippen molar-refractivity contribution < 1.29 is 9.47 Å². The van der Waals surface area contributed by atoms with Crippen molar-refractivity contribution in [3.8, 4) is 0 Å². The van der Waals surface area contributed by atoms with Crippen molar-refractivity contribution in [1.82, 2.24) is 4.90 Å². The fourth-order valence-corrected chi connectivity index (χ4v) is 5.45. The molecule has 0 aromatic heterocycles. The van der Waals surface area contributed by atoms with Gasteiger partial charge in [-0.3, -0.25) is 0 Å². The molecule has 1 saturated heterocycles. The average Bonchev–Trinajstić information content (AvgIpc) is 2.96. The van der Waals surface area contributed by atoms with E-state index in [9.17, 15) is 0 Å². The van der Waals surface area contributed by atoms with Gasteiger partial charge in [0.1, 0.15) is 0 Å². The minimum atomic E-state index is -0.251. The molecule has 1 heterocycles. The van der Waals surface area contributed by atoms with Crippen LogP contribution in [-0.4, -0.2) is 43.5 Å². The minimum Gasteiger partial charge on any atom is -0.347 e. The Morgan fingerprint density at radius 2 is 1.80 bits per heavy atom. The predicted octanol–water partition coefficient (Wildman–Crippen LogP) is 5.16. The van der Waals surface area contributed by atoms with Crippen molar-refractivity contribution in [2.24, 2.45) is 11.3 Å². The van der Waals surface area contributed by atoms with Gasteiger partial charge in [-0.05, 0) is 57.4 Å². The minimum absolute atomic E-state index is 0.251. The van der Waals surface area contributed by atoms with Crippen LogP contribution in [0.25, 0.3) is 0 Å². The molecule has 3 rings (SSSR count). The molecule has 0 radical (unpaired) electrons. The summed E-state index contributed by atoms with van der Waals surface area (Å²) in [4.78, 5) is 2.33. The fraction of sp³-hybridized carbons (Fsp3) is 0.909. The zero-order valence-electron chi connectivity index (χ0n) is 16.8. The van der Waals surface area contributed by atoms with Crippen molar-refractivity contribution in [3.05, 3.63) is 12.2 Å². The van der Waals surface area contributed by atoms with E-state index in [0.29, 0.717) is 5.41 Å². The number of nitrogens with zero attached hydrogens (tertiary/aromatic N) is 1. The van der Waals surface area contributed by atoms with Crippen molar-refractivity contribution in [2.45, 2.75) is 89.9 Å². The molecule has 3 nitrogen and oxygen atoms in total. The second-order valence-corrected chi connectivity index (χ2v) is 9.43. The van der Waals surface area contributed by atoms with Crippen LogP contribution >= 0.6 is 0 Å². The first kappa shape index (κ1) is 19.4. The maximum atomic E-state index is 6.44. The molecular weight excluding hydrogens is 310 g/mol. The van der Waals surface area contributed by atoms with Gasteiger partial charge in [-0.25, -0.2) is 0 Å². The van der Waals surface area contributed by atoms with Crippen molar-refractivity contribution >= 4 is 0 Å². The third-order valence-corrected chi connectivity index (χ3v) is 7.02. The number of hydrogen-bond donors (Lipinski definition) is 0. The van der Waals surface area contributed by atoms with Crippen LogP contribution in [0.4, 0.5) is 0 Å². The monoisotopic (exact) mass is 349 g/mol. The van der Waals surface area contributed by atoms with Crippen molar-refractivity contribution in [1.29, 1.82) is 0 Å². The van der Waals surface area contributed by atoms with E-state index in [4.69, 9.17) is 9.47 Å².